The highest BCUT2D eigenvalue weighted by molar-refractivity contribution is 5.80. The lowest BCUT2D eigenvalue weighted by atomic mass is 10.1. The number of rotatable bonds is 5. The number of nitrogens with zero attached hydrogens (tertiary/aromatic N) is 1. The Morgan fingerprint density at radius 3 is 2.83 bits per heavy atom. The van der Waals surface area contributed by atoms with Gasteiger partial charge in [-0.1, -0.05) is 0 Å². The molecule has 1 aromatic heterocycles. The maximum atomic E-state index is 5.86. The number of benzene rings is 1. The van der Waals surface area contributed by atoms with Gasteiger partial charge in [0.1, 0.15) is 0 Å². The fourth-order valence-electron chi connectivity index (χ4n) is 1.88. The normalized spacial score (nSPS) is 10.6. The van der Waals surface area contributed by atoms with Crippen molar-refractivity contribution in [1.82, 2.24) is 0 Å². The number of ether oxygens (including phenoxy) is 1. The van der Waals surface area contributed by atoms with Gasteiger partial charge < -0.3 is 19.8 Å². The first-order chi connectivity index (χ1) is 8.72. The molecule has 4 heteroatoms. The van der Waals surface area contributed by atoms with Gasteiger partial charge in [0.05, 0.1) is 19.1 Å². The van der Waals surface area contributed by atoms with Crippen molar-refractivity contribution in [1.29, 1.82) is 0 Å². The monoisotopic (exact) mass is 246 g/mol. The summed E-state index contributed by atoms with van der Waals surface area (Å²) in [4.78, 5) is 2.14. The molecule has 4 nitrogen and oxygen atoms in total. The van der Waals surface area contributed by atoms with Crippen molar-refractivity contribution in [2.75, 3.05) is 37.9 Å². The fraction of sp³-hybridized carbons (Fsp3) is 0.286. The summed E-state index contributed by atoms with van der Waals surface area (Å²) in [6.07, 6.45) is 3.39. The van der Waals surface area contributed by atoms with E-state index in [9.17, 15) is 0 Å². The van der Waals surface area contributed by atoms with Crippen LogP contribution in [-0.4, -0.2) is 27.3 Å². The van der Waals surface area contributed by atoms with Crippen molar-refractivity contribution in [2.24, 2.45) is 0 Å². The molecule has 0 bridgehead atoms. The first kappa shape index (κ1) is 12.5. The second-order valence-electron chi connectivity index (χ2n) is 4.20. The molecule has 18 heavy (non-hydrogen) atoms. The van der Waals surface area contributed by atoms with Crippen LogP contribution in [0.4, 0.5) is 11.4 Å². The summed E-state index contributed by atoms with van der Waals surface area (Å²) in [6.45, 7) is 1.51. The number of methoxy groups -OCH3 is 1. The molecule has 0 fully saturated rings. The van der Waals surface area contributed by atoms with Gasteiger partial charge in [-0.2, -0.15) is 0 Å². The van der Waals surface area contributed by atoms with Crippen LogP contribution in [0.2, 0.25) is 0 Å². The van der Waals surface area contributed by atoms with E-state index in [0.29, 0.717) is 6.61 Å². The minimum absolute atomic E-state index is 0.686. The van der Waals surface area contributed by atoms with Crippen molar-refractivity contribution in [3.63, 3.8) is 0 Å². The largest absolute Gasteiger partial charge is 0.472 e. The predicted octanol–water partition coefficient (Wildman–Crippen LogP) is 2.61. The highest BCUT2D eigenvalue weighted by Crippen LogP contribution is 2.32. The number of anilines is 2. The maximum Gasteiger partial charge on any atom is 0.0981 e. The van der Waals surface area contributed by atoms with E-state index >= 15 is 0 Å². The molecule has 0 aliphatic rings. The third kappa shape index (κ3) is 2.65. The molecule has 1 aromatic carbocycles. The van der Waals surface area contributed by atoms with Crippen LogP contribution in [-0.2, 0) is 4.74 Å². The van der Waals surface area contributed by atoms with Crippen LogP contribution < -0.4 is 10.6 Å². The minimum Gasteiger partial charge on any atom is -0.472 e. The lowest BCUT2D eigenvalue weighted by Gasteiger charge is -2.22. The van der Waals surface area contributed by atoms with E-state index in [1.54, 1.807) is 19.6 Å². The predicted molar refractivity (Wildman–Crippen MR) is 73.7 cm³/mol. The molecule has 2 N–H and O–H groups in total. The van der Waals surface area contributed by atoms with Crippen LogP contribution in [0.1, 0.15) is 0 Å². The molecule has 0 aliphatic heterocycles. The van der Waals surface area contributed by atoms with Crippen LogP contribution in [0.25, 0.3) is 11.1 Å². The smallest absolute Gasteiger partial charge is 0.0981 e. The Morgan fingerprint density at radius 1 is 1.33 bits per heavy atom. The summed E-state index contributed by atoms with van der Waals surface area (Å²) in [6, 6.07) is 7.82. The Balaban J connectivity index is 2.35. The van der Waals surface area contributed by atoms with Crippen molar-refractivity contribution < 1.29 is 9.15 Å². The van der Waals surface area contributed by atoms with Crippen molar-refractivity contribution >= 4 is 11.4 Å². The van der Waals surface area contributed by atoms with Crippen molar-refractivity contribution in [3.8, 4) is 11.1 Å². The molecule has 1 heterocycles. The van der Waals surface area contributed by atoms with Crippen LogP contribution >= 0.6 is 0 Å². The van der Waals surface area contributed by atoms with Crippen molar-refractivity contribution in [2.45, 2.75) is 0 Å². The van der Waals surface area contributed by atoms with E-state index in [2.05, 4.69) is 4.90 Å². The zero-order chi connectivity index (χ0) is 13.0. The lowest BCUT2D eigenvalue weighted by molar-refractivity contribution is 0.206. The third-order valence-electron chi connectivity index (χ3n) is 2.89. The average molecular weight is 246 g/mol. The Kier molecular flexibility index (Phi) is 3.89. The zero-order valence-corrected chi connectivity index (χ0v) is 10.7. The van der Waals surface area contributed by atoms with Gasteiger partial charge in [0.15, 0.2) is 0 Å². The SMILES string of the molecule is COCCN(C)c1ccc(N)cc1-c1ccoc1. The molecule has 0 atom stereocenters. The molecule has 0 unspecified atom stereocenters. The molecule has 0 amide bonds. The quantitative estimate of drug-likeness (QED) is 0.824. The first-order valence-corrected chi connectivity index (χ1v) is 5.84. The molecule has 0 radical (unpaired) electrons. The van der Waals surface area contributed by atoms with E-state index in [1.807, 2.05) is 31.3 Å². The molecule has 0 saturated heterocycles. The summed E-state index contributed by atoms with van der Waals surface area (Å²) in [5.41, 5.74) is 9.82. The summed E-state index contributed by atoms with van der Waals surface area (Å²) >= 11 is 0. The van der Waals surface area contributed by atoms with E-state index in [4.69, 9.17) is 14.9 Å². The van der Waals surface area contributed by atoms with Gasteiger partial charge in [0.2, 0.25) is 0 Å². The van der Waals surface area contributed by atoms with Gasteiger partial charge in [-0.05, 0) is 24.3 Å². The molecule has 0 aliphatic carbocycles. The molecule has 96 valence electrons. The van der Waals surface area contributed by atoms with E-state index in [1.165, 1.54) is 0 Å². The second kappa shape index (κ2) is 5.60. The Labute approximate surface area is 107 Å². The van der Waals surface area contributed by atoms with Gasteiger partial charge in [0.25, 0.3) is 0 Å². The summed E-state index contributed by atoms with van der Waals surface area (Å²) in [7, 11) is 3.74. The van der Waals surface area contributed by atoms with Crippen LogP contribution in [0, 0.1) is 0 Å². The van der Waals surface area contributed by atoms with Gasteiger partial charge in [-0.3, -0.25) is 0 Å². The second-order valence-corrected chi connectivity index (χ2v) is 4.20. The number of hydrogen-bond acceptors (Lipinski definition) is 4. The molecule has 0 spiro atoms. The van der Waals surface area contributed by atoms with Crippen molar-refractivity contribution in [3.05, 3.63) is 36.8 Å². The third-order valence-corrected chi connectivity index (χ3v) is 2.89. The first-order valence-electron chi connectivity index (χ1n) is 5.84. The summed E-state index contributed by atoms with van der Waals surface area (Å²) in [5.74, 6) is 0. The lowest BCUT2D eigenvalue weighted by Crippen LogP contribution is -2.22. The highest BCUT2D eigenvalue weighted by atomic mass is 16.5. The van der Waals surface area contributed by atoms with Crippen LogP contribution in [0.5, 0.6) is 0 Å². The van der Waals surface area contributed by atoms with Gasteiger partial charge in [-0.15, -0.1) is 0 Å². The summed E-state index contributed by atoms with van der Waals surface area (Å²) < 4.78 is 10.2. The van der Waals surface area contributed by atoms with Gasteiger partial charge in [-0.25, -0.2) is 0 Å². The number of hydrogen-bond donors (Lipinski definition) is 1. The van der Waals surface area contributed by atoms with E-state index in [-0.39, 0.29) is 0 Å². The molecular formula is C14H18N2O2. The number of furan rings is 1. The van der Waals surface area contributed by atoms with Gasteiger partial charge >= 0.3 is 0 Å². The topological polar surface area (TPSA) is 51.6 Å². The van der Waals surface area contributed by atoms with Crippen LogP contribution in [0.15, 0.2) is 41.2 Å². The average Bonchev–Trinajstić information content (AvgIpc) is 2.89. The molecule has 0 saturated carbocycles. The minimum atomic E-state index is 0.686. The van der Waals surface area contributed by atoms with E-state index < -0.39 is 0 Å². The Hall–Kier alpha value is -1.94. The standard InChI is InChI=1S/C14H18N2O2/c1-16(6-8-17-2)14-4-3-12(15)9-13(14)11-5-7-18-10-11/h3-5,7,9-10H,6,8,15H2,1-2H3. The van der Waals surface area contributed by atoms with E-state index in [0.717, 1.165) is 29.0 Å². The fourth-order valence-corrected chi connectivity index (χ4v) is 1.88. The Bertz CT molecular complexity index is 495. The molecule has 2 rings (SSSR count). The molecular weight excluding hydrogens is 228 g/mol. The van der Waals surface area contributed by atoms with Gasteiger partial charge in [0, 0.05) is 43.2 Å². The summed E-state index contributed by atoms with van der Waals surface area (Å²) in [5, 5.41) is 0. The number of likely N-dealkylation sites (N-methyl/N-ethyl adjacent to an activating group) is 1. The highest BCUT2D eigenvalue weighted by Gasteiger charge is 2.10. The Morgan fingerprint density at radius 2 is 2.17 bits per heavy atom. The molecule has 2 aromatic rings. The maximum absolute atomic E-state index is 5.86. The van der Waals surface area contributed by atoms with Crippen LogP contribution in [0.3, 0.4) is 0 Å². The zero-order valence-electron chi connectivity index (χ0n) is 10.7. The number of nitrogens with two attached hydrogens (primary N) is 1. The number of nitrogen functional groups attached to an aromatic ring is 1.